The number of pyridine rings is 1. The zero-order valence-corrected chi connectivity index (χ0v) is 16.6. The van der Waals surface area contributed by atoms with E-state index in [4.69, 9.17) is 0 Å². The largest absolute Gasteiger partial charge is 0.311 e. The van der Waals surface area contributed by atoms with Crippen LogP contribution < -0.4 is 5.56 Å². The van der Waals surface area contributed by atoms with Crippen molar-refractivity contribution < 1.29 is 4.39 Å². The van der Waals surface area contributed by atoms with Crippen molar-refractivity contribution in [3.8, 4) is 17.2 Å². The smallest absolute Gasteiger partial charge is 0.250 e. The van der Waals surface area contributed by atoms with E-state index in [1.54, 1.807) is 12.1 Å². The summed E-state index contributed by atoms with van der Waals surface area (Å²) in [4.78, 5) is 15.1. The lowest BCUT2D eigenvalue weighted by Gasteiger charge is -2.43. The number of halogens is 1. The van der Waals surface area contributed by atoms with Crippen molar-refractivity contribution in [1.29, 1.82) is 5.26 Å². The lowest BCUT2D eigenvalue weighted by atomic mass is 9.80. The van der Waals surface area contributed by atoms with Gasteiger partial charge in [0.2, 0.25) is 0 Å². The molecule has 150 valence electrons. The van der Waals surface area contributed by atoms with E-state index >= 15 is 0 Å². The van der Waals surface area contributed by atoms with E-state index in [-0.39, 0.29) is 17.3 Å². The van der Waals surface area contributed by atoms with Crippen LogP contribution in [0.25, 0.3) is 11.1 Å². The van der Waals surface area contributed by atoms with Crippen LogP contribution in [0.2, 0.25) is 0 Å². The molecule has 5 rings (SSSR count). The second-order valence-corrected chi connectivity index (χ2v) is 8.39. The Bertz CT molecular complexity index is 1190. The zero-order valence-electron chi connectivity index (χ0n) is 16.6. The summed E-state index contributed by atoms with van der Waals surface area (Å²) in [5, 5.41) is 9.29. The highest BCUT2D eigenvalue weighted by Gasteiger charge is 2.36. The maximum atomic E-state index is 13.2. The third kappa shape index (κ3) is 3.44. The molecule has 0 saturated carbocycles. The second-order valence-electron chi connectivity index (χ2n) is 8.39. The van der Waals surface area contributed by atoms with E-state index in [9.17, 15) is 14.4 Å². The van der Waals surface area contributed by atoms with E-state index in [1.807, 2.05) is 41.0 Å². The lowest BCUT2D eigenvalue weighted by Crippen LogP contribution is -2.47. The summed E-state index contributed by atoms with van der Waals surface area (Å²) in [7, 11) is 0. The Morgan fingerprint density at radius 3 is 2.67 bits per heavy atom. The van der Waals surface area contributed by atoms with Gasteiger partial charge >= 0.3 is 0 Å². The Kier molecular flexibility index (Phi) is 4.72. The second kappa shape index (κ2) is 7.55. The van der Waals surface area contributed by atoms with Gasteiger partial charge in [0.15, 0.2) is 0 Å². The normalized spacial score (nSPS) is 20.4. The van der Waals surface area contributed by atoms with Crippen LogP contribution in [0.4, 0.5) is 4.39 Å². The number of aromatic nitrogens is 1. The molecule has 3 aromatic rings. The average Bonchev–Trinajstić information content (AvgIpc) is 2.76. The van der Waals surface area contributed by atoms with Gasteiger partial charge in [0.1, 0.15) is 5.82 Å². The summed E-state index contributed by atoms with van der Waals surface area (Å²) in [5.74, 6) is 0.467. The van der Waals surface area contributed by atoms with Gasteiger partial charge in [-0.25, -0.2) is 4.39 Å². The molecule has 2 aliphatic rings. The molecular formula is C25H22FN3O. The molecular weight excluding hydrogens is 377 g/mol. The summed E-state index contributed by atoms with van der Waals surface area (Å²) in [6.45, 7) is 3.30. The minimum absolute atomic E-state index is 0.0480. The molecule has 0 radical (unpaired) electrons. The molecule has 1 aromatic heterocycles. The van der Waals surface area contributed by atoms with Crippen LogP contribution in [-0.4, -0.2) is 22.6 Å². The van der Waals surface area contributed by atoms with Gasteiger partial charge in [0.05, 0.1) is 11.6 Å². The quantitative estimate of drug-likeness (QED) is 0.665. The van der Waals surface area contributed by atoms with Gasteiger partial charge in [-0.05, 0) is 53.8 Å². The zero-order chi connectivity index (χ0) is 20.7. The monoisotopic (exact) mass is 399 g/mol. The SMILES string of the molecule is N#Cc1cccc(-c2ccc(=O)n3c2[C@@H]2C[C@@H](CN(Cc4ccc(F)cc4)C2)C3)c1. The molecule has 0 N–H and O–H groups in total. The van der Waals surface area contributed by atoms with E-state index in [2.05, 4.69) is 11.0 Å². The number of hydrogen-bond acceptors (Lipinski definition) is 3. The molecule has 0 unspecified atom stereocenters. The molecule has 3 heterocycles. The number of hydrogen-bond donors (Lipinski definition) is 0. The molecule has 5 heteroatoms. The molecule has 2 bridgehead atoms. The number of benzene rings is 2. The third-order valence-corrected chi connectivity index (χ3v) is 6.29. The molecule has 2 atom stereocenters. The number of piperidine rings is 1. The molecule has 1 saturated heterocycles. The highest BCUT2D eigenvalue weighted by Crippen LogP contribution is 2.40. The van der Waals surface area contributed by atoms with Gasteiger partial charge in [-0.3, -0.25) is 9.69 Å². The molecule has 0 amide bonds. The maximum Gasteiger partial charge on any atom is 0.250 e. The topological polar surface area (TPSA) is 49.0 Å². The summed E-state index contributed by atoms with van der Waals surface area (Å²) >= 11 is 0. The molecule has 4 nitrogen and oxygen atoms in total. The van der Waals surface area contributed by atoms with Gasteiger partial charge in [0.25, 0.3) is 5.56 Å². The Balaban J connectivity index is 1.51. The highest BCUT2D eigenvalue weighted by molar-refractivity contribution is 5.68. The third-order valence-electron chi connectivity index (χ3n) is 6.29. The standard InChI is InChI=1S/C25H22FN3O/c26-22-6-4-17(5-7-22)13-28-14-19-11-21(16-28)25-23(8-9-24(30)29(25)15-19)20-3-1-2-18(10-20)12-27/h1-10,19,21H,11,13-16H2/t19-,21+/m0/s1. The van der Waals surface area contributed by atoms with Crippen LogP contribution in [0.3, 0.4) is 0 Å². The van der Waals surface area contributed by atoms with E-state index < -0.39 is 0 Å². The molecule has 1 fully saturated rings. The fourth-order valence-corrected chi connectivity index (χ4v) is 5.09. The highest BCUT2D eigenvalue weighted by atomic mass is 19.1. The van der Waals surface area contributed by atoms with Crippen molar-refractivity contribution in [2.24, 2.45) is 5.92 Å². The molecule has 2 aliphatic heterocycles. The first-order chi connectivity index (χ1) is 14.6. The minimum atomic E-state index is -0.216. The van der Waals surface area contributed by atoms with Crippen LogP contribution >= 0.6 is 0 Å². The first-order valence-corrected chi connectivity index (χ1v) is 10.3. The first-order valence-electron chi connectivity index (χ1n) is 10.3. The van der Waals surface area contributed by atoms with E-state index in [0.717, 1.165) is 55.0 Å². The summed E-state index contributed by atoms with van der Waals surface area (Å²) < 4.78 is 15.2. The molecule has 30 heavy (non-hydrogen) atoms. The predicted octanol–water partition coefficient (Wildman–Crippen LogP) is 4.15. The van der Waals surface area contributed by atoms with Crippen molar-refractivity contribution in [2.45, 2.75) is 25.4 Å². The first kappa shape index (κ1) is 18.8. The van der Waals surface area contributed by atoms with Crippen molar-refractivity contribution in [1.82, 2.24) is 9.47 Å². The van der Waals surface area contributed by atoms with Gasteiger partial charge in [0, 0.05) is 49.4 Å². The molecule has 2 aromatic carbocycles. The number of nitriles is 1. The summed E-state index contributed by atoms with van der Waals surface area (Å²) in [6, 6.07) is 20.1. The fraction of sp³-hybridized carbons (Fsp3) is 0.280. The predicted molar refractivity (Wildman–Crippen MR) is 113 cm³/mol. The average molecular weight is 399 g/mol. The molecule has 0 aliphatic carbocycles. The van der Waals surface area contributed by atoms with Crippen LogP contribution in [0.15, 0.2) is 65.5 Å². The fourth-order valence-electron chi connectivity index (χ4n) is 5.09. The van der Waals surface area contributed by atoms with Gasteiger partial charge in [-0.15, -0.1) is 0 Å². The van der Waals surface area contributed by atoms with Crippen molar-refractivity contribution in [3.05, 3.63) is 93.7 Å². The Morgan fingerprint density at radius 1 is 1.03 bits per heavy atom. The number of nitrogens with zero attached hydrogens (tertiary/aromatic N) is 3. The number of rotatable bonds is 3. The van der Waals surface area contributed by atoms with Crippen molar-refractivity contribution >= 4 is 0 Å². The number of fused-ring (bicyclic) bond motifs is 4. The van der Waals surface area contributed by atoms with Crippen LogP contribution in [0, 0.1) is 23.1 Å². The van der Waals surface area contributed by atoms with E-state index in [1.165, 1.54) is 12.1 Å². The minimum Gasteiger partial charge on any atom is -0.311 e. The maximum absolute atomic E-state index is 13.2. The van der Waals surface area contributed by atoms with Crippen LogP contribution in [-0.2, 0) is 13.1 Å². The summed E-state index contributed by atoms with van der Waals surface area (Å²) in [6.07, 6.45) is 1.06. The van der Waals surface area contributed by atoms with Crippen molar-refractivity contribution in [2.75, 3.05) is 13.1 Å². The Morgan fingerprint density at radius 2 is 1.87 bits per heavy atom. The van der Waals surface area contributed by atoms with E-state index in [0.29, 0.717) is 11.5 Å². The van der Waals surface area contributed by atoms with Gasteiger partial charge in [-0.2, -0.15) is 5.26 Å². The van der Waals surface area contributed by atoms with Crippen LogP contribution in [0.5, 0.6) is 0 Å². The summed E-state index contributed by atoms with van der Waals surface area (Å²) in [5.41, 5.74) is 4.87. The lowest BCUT2D eigenvalue weighted by molar-refractivity contribution is 0.114. The van der Waals surface area contributed by atoms with Gasteiger partial charge in [-0.1, -0.05) is 24.3 Å². The van der Waals surface area contributed by atoms with Crippen molar-refractivity contribution in [3.63, 3.8) is 0 Å². The Hall–Kier alpha value is -3.23. The van der Waals surface area contributed by atoms with Crippen LogP contribution in [0.1, 0.15) is 29.2 Å². The molecule has 0 spiro atoms. The van der Waals surface area contributed by atoms with Gasteiger partial charge < -0.3 is 4.57 Å². The Labute approximate surface area is 174 Å². The number of likely N-dealkylation sites (tertiary alicyclic amines) is 1.